The maximum atomic E-state index is 12.7. The van der Waals surface area contributed by atoms with E-state index in [1.54, 1.807) is 0 Å². The highest BCUT2D eigenvalue weighted by Crippen LogP contribution is 2.26. The van der Waals surface area contributed by atoms with E-state index in [9.17, 15) is 4.79 Å². The van der Waals surface area contributed by atoms with Gasteiger partial charge in [0.2, 0.25) is 5.91 Å². The highest BCUT2D eigenvalue weighted by molar-refractivity contribution is 5.87. The first-order valence-corrected chi connectivity index (χ1v) is 8.66. The highest BCUT2D eigenvalue weighted by Gasteiger charge is 2.22. The van der Waals surface area contributed by atoms with Crippen molar-refractivity contribution in [3.8, 4) is 0 Å². The summed E-state index contributed by atoms with van der Waals surface area (Å²) in [5.74, 6) is 0.976. The second-order valence-corrected chi connectivity index (χ2v) is 6.77. The number of hydrogen-bond donors (Lipinski definition) is 1. The maximum absolute atomic E-state index is 12.7. The van der Waals surface area contributed by atoms with E-state index < -0.39 is 0 Å². The van der Waals surface area contributed by atoms with Crippen LogP contribution in [0.15, 0.2) is 24.3 Å². The summed E-state index contributed by atoms with van der Waals surface area (Å²) < 4.78 is 2.17. The normalized spacial score (nSPS) is 16.2. The van der Waals surface area contributed by atoms with Crippen molar-refractivity contribution in [1.29, 1.82) is 0 Å². The number of hydrogen-bond acceptors (Lipinski definition) is 2. The van der Waals surface area contributed by atoms with Gasteiger partial charge in [-0.15, -0.1) is 0 Å². The Morgan fingerprint density at radius 3 is 2.65 bits per heavy atom. The number of nitrogens with zero attached hydrogens (tertiary/aromatic N) is 2. The van der Waals surface area contributed by atoms with Gasteiger partial charge < -0.3 is 15.2 Å². The lowest BCUT2D eigenvalue weighted by molar-refractivity contribution is -0.133. The number of carbonyl (C=O) groups excluding carboxylic acids is 1. The van der Waals surface area contributed by atoms with Crippen LogP contribution in [0.2, 0.25) is 0 Å². The second kappa shape index (κ2) is 6.75. The fourth-order valence-corrected chi connectivity index (χ4v) is 3.66. The molecule has 1 aromatic heterocycles. The van der Waals surface area contributed by atoms with Gasteiger partial charge >= 0.3 is 0 Å². The molecule has 0 bridgehead atoms. The summed E-state index contributed by atoms with van der Waals surface area (Å²) in [6.07, 6.45) is 3.10. The molecule has 3 rings (SSSR count). The number of likely N-dealkylation sites (tertiary alicyclic amines) is 1. The van der Waals surface area contributed by atoms with Gasteiger partial charge in [-0.25, -0.2) is 0 Å². The highest BCUT2D eigenvalue weighted by atomic mass is 16.2. The predicted octanol–water partition coefficient (Wildman–Crippen LogP) is 2.71. The third-order valence-electron chi connectivity index (χ3n) is 5.19. The van der Waals surface area contributed by atoms with Gasteiger partial charge in [0.05, 0.1) is 0 Å². The molecule has 2 N–H and O–H groups in total. The summed E-state index contributed by atoms with van der Waals surface area (Å²) in [6, 6.07) is 8.34. The molecular formula is C19H27N3O. The largest absolute Gasteiger partial charge is 0.341 e. The molecule has 0 atom stereocenters. The van der Waals surface area contributed by atoms with Crippen molar-refractivity contribution in [2.24, 2.45) is 11.7 Å². The van der Waals surface area contributed by atoms with Crippen LogP contribution in [-0.2, 0) is 17.8 Å². The number of benzene rings is 1. The van der Waals surface area contributed by atoms with Crippen molar-refractivity contribution in [3.63, 3.8) is 0 Å². The summed E-state index contributed by atoms with van der Waals surface area (Å²) >= 11 is 0. The Balaban J connectivity index is 1.88. The number of fused-ring (bicyclic) bond motifs is 1. The SMILES string of the molecule is Cc1c(CCN)c2ccccc2n1CC(=O)N1CCC(C)CC1. The number of para-hydroxylation sites is 1. The van der Waals surface area contributed by atoms with E-state index in [4.69, 9.17) is 5.73 Å². The van der Waals surface area contributed by atoms with E-state index in [0.717, 1.165) is 43.8 Å². The fraction of sp³-hybridized carbons (Fsp3) is 0.526. The fourth-order valence-electron chi connectivity index (χ4n) is 3.66. The molecular weight excluding hydrogens is 286 g/mol. The minimum absolute atomic E-state index is 0.236. The van der Waals surface area contributed by atoms with Gasteiger partial charge in [-0.1, -0.05) is 25.1 Å². The number of rotatable bonds is 4. The molecule has 0 unspecified atom stereocenters. The quantitative estimate of drug-likeness (QED) is 0.943. The van der Waals surface area contributed by atoms with E-state index in [2.05, 4.69) is 36.6 Å². The topological polar surface area (TPSA) is 51.3 Å². The molecule has 1 saturated heterocycles. The van der Waals surface area contributed by atoms with Crippen LogP contribution in [0.3, 0.4) is 0 Å². The van der Waals surface area contributed by atoms with Crippen LogP contribution in [0, 0.1) is 12.8 Å². The van der Waals surface area contributed by atoms with Crippen molar-refractivity contribution in [2.75, 3.05) is 19.6 Å². The molecule has 0 aliphatic carbocycles. The lowest BCUT2D eigenvalue weighted by Gasteiger charge is -2.30. The first-order chi connectivity index (χ1) is 11.1. The summed E-state index contributed by atoms with van der Waals surface area (Å²) in [7, 11) is 0. The molecule has 0 radical (unpaired) electrons. The minimum atomic E-state index is 0.236. The summed E-state index contributed by atoms with van der Waals surface area (Å²) in [4.78, 5) is 14.7. The average molecular weight is 313 g/mol. The van der Waals surface area contributed by atoms with Gasteiger partial charge in [0.15, 0.2) is 0 Å². The van der Waals surface area contributed by atoms with Crippen molar-refractivity contribution in [1.82, 2.24) is 9.47 Å². The monoisotopic (exact) mass is 313 g/mol. The lowest BCUT2D eigenvalue weighted by Crippen LogP contribution is -2.39. The van der Waals surface area contributed by atoms with Crippen molar-refractivity contribution < 1.29 is 4.79 Å². The van der Waals surface area contributed by atoms with Crippen LogP contribution in [0.25, 0.3) is 10.9 Å². The molecule has 2 heterocycles. The third-order valence-corrected chi connectivity index (χ3v) is 5.19. The van der Waals surface area contributed by atoms with Crippen LogP contribution in [0.4, 0.5) is 0 Å². The van der Waals surface area contributed by atoms with Crippen molar-refractivity contribution in [3.05, 3.63) is 35.5 Å². The first kappa shape index (κ1) is 16.1. The predicted molar refractivity (Wildman–Crippen MR) is 94.4 cm³/mol. The van der Waals surface area contributed by atoms with Gasteiger partial charge in [0.25, 0.3) is 0 Å². The van der Waals surface area contributed by atoms with Crippen LogP contribution in [-0.4, -0.2) is 35.0 Å². The molecule has 1 aromatic carbocycles. The van der Waals surface area contributed by atoms with Crippen LogP contribution < -0.4 is 5.73 Å². The number of carbonyl (C=O) groups is 1. The Morgan fingerprint density at radius 2 is 1.96 bits per heavy atom. The van der Waals surface area contributed by atoms with Crippen LogP contribution in [0.5, 0.6) is 0 Å². The van der Waals surface area contributed by atoms with E-state index >= 15 is 0 Å². The lowest BCUT2D eigenvalue weighted by atomic mass is 9.99. The number of amides is 1. The molecule has 4 heteroatoms. The number of aromatic nitrogens is 1. The zero-order chi connectivity index (χ0) is 16.4. The second-order valence-electron chi connectivity index (χ2n) is 6.77. The van der Waals surface area contributed by atoms with Gasteiger partial charge in [-0.2, -0.15) is 0 Å². The summed E-state index contributed by atoms with van der Waals surface area (Å²) in [6.45, 7) is 7.24. The Bertz CT molecular complexity index is 696. The Morgan fingerprint density at radius 1 is 1.26 bits per heavy atom. The molecule has 1 fully saturated rings. The Hall–Kier alpha value is -1.81. The van der Waals surface area contributed by atoms with E-state index in [1.807, 2.05) is 11.0 Å². The molecule has 4 nitrogen and oxygen atoms in total. The molecule has 2 aromatic rings. The van der Waals surface area contributed by atoms with Gasteiger partial charge in [-0.05, 0) is 50.3 Å². The molecule has 1 amide bonds. The third kappa shape index (κ3) is 3.13. The molecule has 124 valence electrons. The number of piperidine rings is 1. The van der Waals surface area contributed by atoms with E-state index in [0.29, 0.717) is 13.1 Å². The molecule has 1 aliphatic rings. The first-order valence-electron chi connectivity index (χ1n) is 8.66. The Kier molecular flexibility index (Phi) is 4.71. The number of nitrogens with two attached hydrogens (primary N) is 1. The smallest absolute Gasteiger partial charge is 0.242 e. The summed E-state index contributed by atoms with van der Waals surface area (Å²) in [5, 5.41) is 1.23. The average Bonchev–Trinajstić information content (AvgIpc) is 2.82. The minimum Gasteiger partial charge on any atom is -0.341 e. The van der Waals surface area contributed by atoms with E-state index in [-0.39, 0.29) is 5.91 Å². The molecule has 0 saturated carbocycles. The van der Waals surface area contributed by atoms with Crippen LogP contribution in [0.1, 0.15) is 31.0 Å². The maximum Gasteiger partial charge on any atom is 0.242 e. The summed E-state index contributed by atoms with van der Waals surface area (Å²) in [5.41, 5.74) is 9.38. The molecule has 23 heavy (non-hydrogen) atoms. The van der Waals surface area contributed by atoms with Crippen LogP contribution >= 0.6 is 0 Å². The zero-order valence-corrected chi connectivity index (χ0v) is 14.2. The van der Waals surface area contributed by atoms with E-state index in [1.165, 1.54) is 16.6 Å². The standard InChI is InChI=1S/C19H27N3O/c1-14-8-11-21(12-9-14)19(23)13-22-15(2)16(7-10-20)17-5-3-4-6-18(17)22/h3-6,14H,7-13,20H2,1-2H3. The Labute approximate surface area is 138 Å². The van der Waals surface area contributed by atoms with Gasteiger partial charge in [0, 0.05) is 29.7 Å². The molecule has 0 spiro atoms. The van der Waals surface area contributed by atoms with Gasteiger partial charge in [-0.3, -0.25) is 4.79 Å². The van der Waals surface area contributed by atoms with Gasteiger partial charge in [0.1, 0.15) is 6.54 Å². The zero-order valence-electron chi connectivity index (χ0n) is 14.2. The molecule has 1 aliphatic heterocycles. The van der Waals surface area contributed by atoms with Crippen molar-refractivity contribution >= 4 is 16.8 Å². The van der Waals surface area contributed by atoms with Crippen molar-refractivity contribution in [2.45, 2.75) is 39.7 Å².